The molecule has 0 unspecified atom stereocenters. The lowest BCUT2D eigenvalue weighted by Crippen LogP contribution is -2.06. The second-order valence-electron chi connectivity index (χ2n) is 4.61. The molecule has 1 aliphatic rings. The van der Waals surface area contributed by atoms with Crippen LogP contribution in [0.1, 0.15) is 51.4 Å². The average Bonchev–Trinajstić information content (AvgIpc) is 2.84. The number of hydrogen-bond acceptors (Lipinski definition) is 3. The van der Waals surface area contributed by atoms with E-state index in [1.165, 1.54) is 38.2 Å². The van der Waals surface area contributed by atoms with Crippen molar-refractivity contribution in [3.63, 3.8) is 0 Å². The number of ether oxygens (including phenoxy) is 2. The first-order valence-corrected chi connectivity index (χ1v) is 6.91. The fourth-order valence-corrected chi connectivity index (χ4v) is 2.04. The van der Waals surface area contributed by atoms with Gasteiger partial charge >= 0.3 is 5.97 Å². The topological polar surface area (TPSA) is 55.8 Å². The molecule has 0 atom stereocenters. The van der Waals surface area contributed by atoms with E-state index in [9.17, 15) is 4.79 Å². The molecule has 1 N–H and O–H groups in total. The molecule has 0 aromatic rings. The van der Waals surface area contributed by atoms with Gasteiger partial charge in [0.15, 0.2) is 6.29 Å². The number of carbonyl (C=O) groups is 1. The van der Waals surface area contributed by atoms with Crippen molar-refractivity contribution < 1.29 is 19.4 Å². The van der Waals surface area contributed by atoms with Gasteiger partial charge in [-0.25, -0.2) is 4.79 Å². The third-order valence-corrected chi connectivity index (χ3v) is 3.01. The summed E-state index contributed by atoms with van der Waals surface area (Å²) in [5.41, 5.74) is 0. The summed E-state index contributed by atoms with van der Waals surface area (Å²) in [4.78, 5) is 10.2. The largest absolute Gasteiger partial charge is 0.478 e. The molecule has 18 heavy (non-hydrogen) atoms. The SMILES string of the molecule is O=C(O)/C=C/CCCCCCCCC1OCCO1. The summed E-state index contributed by atoms with van der Waals surface area (Å²) in [5, 5.41) is 8.40. The highest BCUT2D eigenvalue weighted by molar-refractivity contribution is 5.79. The van der Waals surface area contributed by atoms with Gasteiger partial charge in [-0.3, -0.25) is 0 Å². The molecule has 1 aliphatic heterocycles. The van der Waals surface area contributed by atoms with Crippen LogP contribution in [0.4, 0.5) is 0 Å². The highest BCUT2D eigenvalue weighted by Gasteiger charge is 2.14. The molecule has 0 aromatic heterocycles. The second kappa shape index (κ2) is 10.1. The fourth-order valence-electron chi connectivity index (χ4n) is 2.04. The molecule has 0 bridgehead atoms. The second-order valence-corrected chi connectivity index (χ2v) is 4.61. The van der Waals surface area contributed by atoms with Crippen molar-refractivity contribution in [1.82, 2.24) is 0 Å². The van der Waals surface area contributed by atoms with E-state index in [2.05, 4.69) is 0 Å². The Morgan fingerprint density at radius 3 is 2.33 bits per heavy atom. The van der Waals surface area contributed by atoms with E-state index >= 15 is 0 Å². The van der Waals surface area contributed by atoms with Gasteiger partial charge in [0, 0.05) is 6.08 Å². The zero-order valence-electron chi connectivity index (χ0n) is 11.0. The van der Waals surface area contributed by atoms with Crippen LogP contribution in [0.5, 0.6) is 0 Å². The van der Waals surface area contributed by atoms with Gasteiger partial charge in [0.1, 0.15) is 0 Å². The van der Waals surface area contributed by atoms with Gasteiger partial charge in [0.05, 0.1) is 13.2 Å². The number of aliphatic carboxylic acids is 1. The number of allylic oxidation sites excluding steroid dienone is 1. The molecule has 104 valence electrons. The number of unbranched alkanes of at least 4 members (excludes halogenated alkanes) is 6. The van der Waals surface area contributed by atoms with Gasteiger partial charge in [-0.2, -0.15) is 0 Å². The van der Waals surface area contributed by atoms with Crippen LogP contribution in [0.2, 0.25) is 0 Å². The normalized spacial score (nSPS) is 16.7. The maximum Gasteiger partial charge on any atom is 0.327 e. The van der Waals surface area contributed by atoms with Crippen LogP contribution < -0.4 is 0 Å². The van der Waals surface area contributed by atoms with E-state index < -0.39 is 5.97 Å². The van der Waals surface area contributed by atoms with Crippen molar-refractivity contribution in [2.24, 2.45) is 0 Å². The monoisotopic (exact) mass is 256 g/mol. The van der Waals surface area contributed by atoms with Gasteiger partial charge in [-0.1, -0.05) is 31.8 Å². The van der Waals surface area contributed by atoms with Gasteiger partial charge in [0.2, 0.25) is 0 Å². The molecule has 0 saturated carbocycles. The summed E-state index contributed by atoms with van der Waals surface area (Å²) < 4.78 is 10.7. The number of hydrogen-bond donors (Lipinski definition) is 1. The summed E-state index contributed by atoms with van der Waals surface area (Å²) in [6, 6.07) is 0. The van der Waals surface area contributed by atoms with Crippen LogP contribution in [-0.2, 0) is 14.3 Å². The van der Waals surface area contributed by atoms with Crippen LogP contribution in [0.15, 0.2) is 12.2 Å². The predicted molar refractivity (Wildman–Crippen MR) is 69.4 cm³/mol. The van der Waals surface area contributed by atoms with Gasteiger partial charge < -0.3 is 14.6 Å². The molecule has 0 radical (unpaired) electrons. The predicted octanol–water partition coefficient (Wildman–Crippen LogP) is 3.12. The molecule has 4 heteroatoms. The molecule has 0 amide bonds. The highest BCUT2D eigenvalue weighted by Crippen LogP contribution is 2.14. The van der Waals surface area contributed by atoms with Crippen molar-refractivity contribution in [2.45, 2.75) is 57.7 Å². The Labute approximate surface area is 109 Å². The Hall–Kier alpha value is -0.870. The van der Waals surface area contributed by atoms with Crippen molar-refractivity contribution in [2.75, 3.05) is 13.2 Å². The number of carboxylic acids is 1. The first kappa shape index (κ1) is 15.2. The third kappa shape index (κ3) is 8.25. The summed E-state index contributed by atoms with van der Waals surface area (Å²) in [6.07, 6.45) is 12.0. The summed E-state index contributed by atoms with van der Waals surface area (Å²) in [5.74, 6) is -0.855. The van der Waals surface area contributed by atoms with Crippen molar-refractivity contribution >= 4 is 5.97 Å². The minimum atomic E-state index is -0.855. The molecule has 0 aromatic carbocycles. The van der Waals surface area contributed by atoms with Gasteiger partial charge in [0.25, 0.3) is 0 Å². The Kier molecular flexibility index (Phi) is 8.51. The first-order chi connectivity index (χ1) is 8.79. The van der Waals surface area contributed by atoms with Crippen LogP contribution in [0, 0.1) is 0 Å². The maximum absolute atomic E-state index is 10.2. The smallest absolute Gasteiger partial charge is 0.327 e. The van der Waals surface area contributed by atoms with Crippen LogP contribution in [-0.4, -0.2) is 30.6 Å². The zero-order chi connectivity index (χ0) is 13.1. The minimum absolute atomic E-state index is 0.0474. The Morgan fingerprint density at radius 2 is 1.67 bits per heavy atom. The average molecular weight is 256 g/mol. The number of carboxylic acid groups (broad SMARTS) is 1. The maximum atomic E-state index is 10.2. The van der Waals surface area contributed by atoms with Crippen LogP contribution in [0.3, 0.4) is 0 Å². The molecule has 1 fully saturated rings. The molecule has 1 rings (SSSR count). The summed E-state index contributed by atoms with van der Waals surface area (Å²) in [6.45, 7) is 1.49. The number of rotatable bonds is 10. The highest BCUT2D eigenvalue weighted by atomic mass is 16.7. The quantitative estimate of drug-likeness (QED) is 0.482. The zero-order valence-corrected chi connectivity index (χ0v) is 11.0. The Bertz CT molecular complexity index is 244. The van der Waals surface area contributed by atoms with E-state index in [-0.39, 0.29) is 6.29 Å². The Morgan fingerprint density at radius 1 is 1.06 bits per heavy atom. The van der Waals surface area contributed by atoms with E-state index in [1.54, 1.807) is 6.08 Å². The third-order valence-electron chi connectivity index (χ3n) is 3.01. The van der Waals surface area contributed by atoms with Gasteiger partial charge in [-0.05, 0) is 25.7 Å². The first-order valence-electron chi connectivity index (χ1n) is 6.91. The van der Waals surface area contributed by atoms with E-state index in [0.717, 1.165) is 32.5 Å². The molecular weight excluding hydrogens is 232 g/mol. The van der Waals surface area contributed by atoms with E-state index in [1.807, 2.05) is 0 Å². The minimum Gasteiger partial charge on any atom is -0.478 e. The van der Waals surface area contributed by atoms with Crippen molar-refractivity contribution in [1.29, 1.82) is 0 Å². The lowest BCUT2D eigenvalue weighted by atomic mass is 10.1. The molecular formula is C14H24O4. The van der Waals surface area contributed by atoms with E-state index in [0.29, 0.717) is 0 Å². The van der Waals surface area contributed by atoms with E-state index in [4.69, 9.17) is 14.6 Å². The molecule has 0 aliphatic carbocycles. The Balaban J connectivity index is 1.77. The molecule has 0 spiro atoms. The van der Waals surface area contributed by atoms with Crippen LogP contribution in [0.25, 0.3) is 0 Å². The standard InChI is InChI=1S/C14H24O4/c15-13(16)9-7-5-3-1-2-4-6-8-10-14-17-11-12-18-14/h7,9,14H,1-6,8,10-12H2,(H,15,16)/b9-7+. The van der Waals surface area contributed by atoms with Crippen molar-refractivity contribution in [3.8, 4) is 0 Å². The van der Waals surface area contributed by atoms with Gasteiger partial charge in [-0.15, -0.1) is 0 Å². The molecule has 1 heterocycles. The fraction of sp³-hybridized carbons (Fsp3) is 0.786. The summed E-state index contributed by atoms with van der Waals surface area (Å²) in [7, 11) is 0. The molecule has 4 nitrogen and oxygen atoms in total. The van der Waals surface area contributed by atoms with Crippen molar-refractivity contribution in [3.05, 3.63) is 12.2 Å². The lowest BCUT2D eigenvalue weighted by Gasteiger charge is -2.07. The summed E-state index contributed by atoms with van der Waals surface area (Å²) >= 11 is 0. The molecule has 1 saturated heterocycles. The lowest BCUT2D eigenvalue weighted by molar-refractivity contribution is -0.131. The van der Waals surface area contributed by atoms with Crippen LogP contribution >= 0.6 is 0 Å².